The fourth-order valence-corrected chi connectivity index (χ4v) is 0.835. The molecule has 1 heteroatoms. The third-order valence-corrected chi connectivity index (χ3v) is 1.72. The summed E-state index contributed by atoms with van der Waals surface area (Å²) in [6.07, 6.45) is 9.05. The van der Waals surface area contributed by atoms with Gasteiger partial charge >= 0.3 is 0 Å². The quantitative estimate of drug-likeness (QED) is 0.608. The van der Waals surface area contributed by atoms with E-state index in [1.807, 2.05) is 0 Å². The zero-order chi connectivity index (χ0) is 9.66. The Hall–Kier alpha value is -0.0400. The summed E-state index contributed by atoms with van der Waals surface area (Å²) >= 11 is 0. The lowest BCUT2D eigenvalue weighted by Crippen LogP contribution is -1.75. The second-order valence-corrected chi connectivity index (χ2v) is 3.14. The molecule has 0 rings (SSSR count). The van der Waals surface area contributed by atoms with Gasteiger partial charge in [-0.1, -0.05) is 59.3 Å². The monoisotopic (exact) mass is 174 g/mol. The topological polar surface area (TPSA) is 20.2 Å². The van der Waals surface area contributed by atoms with E-state index in [0.29, 0.717) is 6.61 Å². The maximum Gasteiger partial charge on any atom is 0.0430 e. The first-order valence-electron chi connectivity index (χ1n) is 5.44. The van der Waals surface area contributed by atoms with E-state index in [9.17, 15) is 0 Å². The summed E-state index contributed by atoms with van der Waals surface area (Å²) in [5.74, 6) is 0. The Bertz CT molecular complexity index is 47.0. The van der Waals surface area contributed by atoms with Gasteiger partial charge in [-0.2, -0.15) is 0 Å². The summed E-state index contributed by atoms with van der Waals surface area (Å²) in [5.41, 5.74) is 0. The molecule has 1 N–H and O–H groups in total. The standard InChI is InChI=1S/C7H16.C4H10O/c1-3-5-7-6-4-2;1-2-3-4-5/h3-7H2,1-2H3;5H,2-4H2,1H3. The van der Waals surface area contributed by atoms with E-state index in [1.165, 1.54) is 32.1 Å². The maximum absolute atomic E-state index is 8.07. The number of aliphatic hydroxyl groups excluding tert-OH is 1. The van der Waals surface area contributed by atoms with E-state index in [0.717, 1.165) is 12.8 Å². The molecule has 0 saturated carbocycles. The highest BCUT2D eigenvalue weighted by atomic mass is 16.2. The number of hydrogen-bond acceptors (Lipinski definition) is 1. The fraction of sp³-hybridized carbons (Fsp3) is 1.00. The zero-order valence-electron chi connectivity index (χ0n) is 9.10. The molecule has 0 aliphatic heterocycles. The number of unbranched alkanes of at least 4 members (excludes halogenated alkanes) is 5. The molecule has 0 aliphatic rings. The SMILES string of the molecule is CCCCCCC.CCCCO. The van der Waals surface area contributed by atoms with Crippen LogP contribution in [0.1, 0.15) is 65.7 Å². The normalized spacial score (nSPS) is 9.00. The summed E-state index contributed by atoms with van der Waals surface area (Å²) in [6.45, 7) is 6.89. The first kappa shape index (κ1) is 14.5. The molecule has 76 valence electrons. The third-order valence-electron chi connectivity index (χ3n) is 1.72. The van der Waals surface area contributed by atoms with Gasteiger partial charge in [-0.15, -0.1) is 0 Å². The van der Waals surface area contributed by atoms with Crippen LogP contribution in [0.15, 0.2) is 0 Å². The third kappa shape index (κ3) is 22.5. The molecule has 0 bridgehead atoms. The van der Waals surface area contributed by atoms with Gasteiger partial charge in [-0.3, -0.25) is 0 Å². The van der Waals surface area contributed by atoms with E-state index in [2.05, 4.69) is 20.8 Å². The van der Waals surface area contributed by atoms with E-state index >= 15 is 0 Å². The highest BCUT2D eigenvalue weighted by molar-refractivity contribution is 4.35. The fourth-order valence-electron chi connectivity index (χ4n) is 0.835. The molecule has 0 fully saturated rings. The van der Waals surface area contributed by atoms with E-state index < -0.39 is 0 Å². The first-order chi connectivity index (χ1) is 5.83. The van der Waals surface area contributed by atoms with Gasteiger partial charge in [0.25, 0.3) is 0 Å². The molecule has 0 spiro atoms. The van der Waals surface area contributed by atoms with Crippen LogP contribution in [0.5, 0.6) is 0 Å². The Kier molecular flexibility index (Phi) is 20.7. The number of aliphatic hydroxyl groups is 1. The van der Waals surface area contributed by atoms with Crippen molar-refractivity contribution in [2.45, 2.75) is 65.7 Å². The zero-order valence-corrected chi connectivity index (χ0v) is 9.10. The number of hydrogen-bond donors (Lipinski definition) is 1. The van der Waals surface area contributed by atoms with Crippen LogP contribution in [0.25, 0.3) is 0 Å². The van der Waals surface area contributed by atoms with Crippen molar-refractivity contribution in [3.63, 3.8) is 0 Å². The maximum atomic E-state index is 8.07. The summed E-state index contributed by atoms with van der Waals surface area (Å²) < 4.78 is 0. The van der Waals surface area contributed by atoms with Crippen molar-refractivity contribution in [2.75, 3.05) is 6.61 Å². The lowest BCUT2D eigenvalue weighted by Gasteiger charge is -1.90. The van der Waals surface area contributed by atoms with Gasteiger partial charge in [0, 0.05) is 6.61 Å². The van der Waals surface area contributed by atoms with Crippen molar-refractivity contribution in [1.29, 1.82) is 0 Å². The lowest BCUT2D eigenvalue weighted by molar-refractivity contribution is 0.287. The molecular weight excluding hydrogens is 148 g/mol. The van der Waals surface area contributed by atoms with Gasteiger partial charge in [-0.05, 0) is 6.42 Å². The highest BCUT2D eigenvalue weighted by Gasteiger charge is 1.80. The van der Waals surface area contributed by atoms with Crippen LogP contribution in [0.2, 0.25) is 0 Å². The Balaban J connectivity index is 0. The molecule has 0 unspecified atom stereocenters. The molecule has 0 amide bonds. The summed E-state index contributed by atoms with van der Waals surface area (Å²) in [7, 11) is 0. The van der Waals surface area contributed by atoms with E-state index in [1.54, 1.807) is 0 Å². The number of rotatable bonds is 6. The molecule has 0 aromatic heterocycles. The molecule has 0 radical (unpaired) electrons. The van der Waals surface area contributed by atoms with E-state index in [4.69, 9.17) is 5.11 Å². The summed E-state index contributed by atoms with van der Waals surface area (Å²) in [6, 6.07) is 0. The van der Waals surface area contributed by atoms with Crippen molar-refractivity contribution < 1.29 is 5.11 Å². The Morgan fingerprint density at radius 1 is 0.667 bits per heavy atom. The first-order valence-corrected chi connectivity index (χ1v) is 5.44. The van der Waals surface area contributed by atoms with Crippen LogP contribution >= 0.6 is 0 Å². The average molecular weight is 174 g/mol. The van der Waals surface area contributed by atoms with Crippen LogP contribution in [-0.2, 0) is 0 Å². The van der Waals surface area contributed by atoms with Crippen LogP contribution in [0, 0.1) is 0 Å². The molecule has 0 aromatic rings. The minimum absolute atomic E-state index is 0.344. The molecule has 0 aromatic carbocycles. The van der Waals surface area contributed by atoms with Crippen LogP contribution in [0.3, 0.4) is 0 Å². The van der Waals surface area contributed by atoms with Gasteiger partial charge in [-0.25, -0.2) is 0 Å². The van der Waals surface area contributed by atoms with Gasteiger partial charge in [0.1, 0.15) is 0 Å². The van der Waals surface area contributed by atoms with Gasteiger partial charge in [0.15, 0.2) is 0 Å². The molecule has 0 heterocycles. The predicted molar refractivity (Wildman–Crippen MR) is 56.4 cm³/mol. The minimum atomic E-state index is 0.344. The predicted octanol–water partition coefficient (Wildman–Crippen LogP) is 3.76. The van der Waals surface area contributed by atoms with Crippen molar-refractivity contribution in [3.05, 3.63) is 0 Å². The summed E-state index contributed by atoms with van der Waals surface area (Å²) in [5, 5.41) is 8.07. The van der Waals surface area contributed by atoms with Crippen LogP contribution in [-0.4, -0.2) is 11.7 Å². The highest BCUT2D eigenvalue weighted by Crippen LogP contribution is 2.00. The second-order valence-electron chi connectivity index (χ2n) is 3.14. The van der Waals surface area contributed by atoms with Gasteiger partial charge in [0.05, 0.1) is 0 Å². The molecule has 0 aliphatic carbocycles. The molecule has 12 heavy (non-hydrogen) atoms. The van der Waals surface area contributed by atoms with Crippen molar-refractivity contribution in [1.82, 2.24) is 0 Å². The largest absolute Gasteiger partial charge is 0.396 e. The minimum Gasteiger partial charge on any atom is -0.396 e. The van der Waals surface area contributed by atoms with Crippen molar-refractivity contribution in [3.8, 4) is 0 Å². The lowest BCUT2D eigenvalue weighted by atomic mass is 10.2. The molecule has 0 atom stereocenters. The van der Waals surface area contributed by atoms with Crippen molar-refractivity contribution >= 4 is 0 Å². The molecule has 0 saturated heterocycles. The summed E-state index contributed by atoms with van der Waals surface area (Å²) in [4.78, 5) is 0. The Labute approximate surface area is 78.2 Å². The van der Waals surface area contributed by atoms with Crippen LogP contribution < -0.4 is 0 Å². The van der Waals surface area contributed by atoms with Crippen molar-refractivity contribution in [2.24, 2.45) is 0 Å². The molecular formula is C11H26O. The molecule has 1 nitrogen and oxygen atoms in total. The van der Waals surface area contributed by atoms with E-state index in [-0.39, 0.29) is 0 Å². The van der Waals surface area contributed by atoms with Crippen LogP contribution in [0.4, 0.5) is 0 Å². The average Bonchev–Trinajstić information content (AvgIpc) is 2.08. The second kappa shape index (κ2) is 17.2. The van der Waals surface area contributed by atoms with Gasteiger partial charge in [0.2, 0.25) is 0 Å². The van der Waals surface area contributed by atoms with Gasteiger partial charge < -0.3 is 5.11 Å². The smallest absolute Gasteiger partial charge is 0.0430 e. The Morgan fingerprint density at radius 3 is 1.25 bits per heavy atom. The Morgan fingerprint density at radius 2 is 1.08 bits per heavy atom.